The van der Waals surface area contributed by atoms with Crippen LogP contribution < -0.4 is 5.73 Å². The van der Waals surface area contributed by atoms with Crippen LogP contribution in [0.25, 0.3) is 0 Å². The Kier molecular flexibility index (Phi) is 2.97. The molecule has 0 saturated carbocycles. The number of thiocarbonyl (C=S) groups is 1. The Balaban J connectivity index is 2.17. The van der Waals surface area contributed by atoms with Gasteiger partial charge < -0.3 is 10.6 Å². The summed E-state index contributed by atoms with van der Waals surface area (Å²) in [6.07, 6.45) is 3.42. The van der Waals surface area contributed by atoms with Crippen LogP contribution in [0.5, 0.6) is 0 Å². The normalized spacial score (nSPS) is 20.5. The van der Waals surface area contributed by atoms with E-state index in [4.69, 9.17) is 18.0 Å². The number of carbonyl (C=O) groups is 1. The molecule has 0 aliphatic carbocycles. The SMILES string of the molecule is NC(=S)C1CCCN1C(=O)c1cncs1. The number of thiazole rings is 1. The molecule has 1 atom stereocenters. The average Bonchev–Trinajstić information content (AvgIpc) is 2.88. The van der Waals surface area contributed by atoms with Gasteiger partial charge in [-0.05, 0) is 12.8 Å². The maximum atomic E-state index is 12.0. The van der Waals surface area contributed by atoms with Gasteiger partial charge in [0.1, 0.15) is 4.88 Å². The molecule has 1 unspecified atom stereocenters. The van der Waals surface area contributed by atoms with E-state index in [0.29, 0.717) is 9.87 Å². The minimum Gasteiger partial charge on any atom is -0.392 e. The van der Waals surface area contributed by atoms with Crippen LogP contribution in [0, 0.1) is 0 Å². The minimum absolute atomic E-state index is 0.00667. The summed E-state index contributed by atoms with van der Waals surface area (Å²) in [5.74, 6) is -0.00667. The van der Waals surface area contributed by atoms with Crippen molar-refractivity contribution in [1.29, 1.82) is 0 Å². The fourth-order valence-electron chi connectivity index (χ4n) is 1.77. The Morgan fingerprint density at radius 1 is 1.73 bits per heavy atom. The molecule has 1 aliphatic rings. The monoisotopic (exact) mass is 241 g/mol. The number of hydrogen-bond donors (Lipinski definition) is 1. The molecule has 1 aliphatic heterocycles. The Morgan fingerprint density at radius 2 is 2.53 bits per heavy atom. The Hall–Kier alpha value is -1.01. The molecular formula is C9H11N3OS2. The van der Waals surface area contributed by atoms with Gasteiger partial charge in [-0.25, -0.2) is 0 Å². The molecule has 1 saturated heterocycles. The predicted molar refractivity (Wildman–Crippen MR) is 63.0 cm³/mol. The molecule has 2 N–H and O–H groups in total. The van der Waals surface area contributed by atoms with Crippen molar-refractivity contribution in [3.63, 3.8) is 0 Å². The van der Waals surface area contributed by atoms with Gasteiger partial charge in [0.25, 0.3) is 5.91 Å². The molecule has 1 amide bonds. The van der Waals surface area contributed by atoms with Gasteiger partial charge in [0.05, 0.1) is 22.7 Å². The van der Waals surface area contributed by atoms with Gasteiger partial charge >= 0.3 is 0 Å². The van der Waals surface area contributed by atoms with Gasteiger partial charge in [-0.1, -0.05) is 12.2 Å². The van der Waals surface area contributed by atoms with Crippen LogP contribution in [0.3, 0.4) is 0 Å². The average molecular weight is 241 g/mol. The molecule has 80 valence electrons. The molecule has 4 nitrogen and oxygen atoms in total. The first kappa shape index (κ1) is 10.5. The quantitative estimate of drug-likeness (QED) is 0.786. The highest BCUT2D eigenvalue weighted by Gasteiger charge is 2.31. The molecule has 15 heavy (non-hydrogen) atoms. The second-order valence-electron chi connectivity index (χ2n) is 3.42. The van der Waals surface area contributed by atoms with Gasteiger partial charge in [0, 0.05) is 6.54 Å². The topological polar surface area (TPSA) is 59.2 Å². The van der Waals surface area contributed by atoms with E-state index in [1.165, 1.54) is 11.3 Å². The van der Waals surface area contributed by atoms with E-state index in [0.717, 1.165) is 19.4 Å². The van der Waals surface area contributed by atoms with Gasteiger partial charge in [0.2, 0.25) is 0 Å². The van der Waals surface area contributed by atoms with Crippen LogP contribution in [0.1, 0.15) is 22.5 Å². The minimum atomic E-state index is -0.0744. The summed E-state index contributed by atoms with van der Waals surface area (Å²) in [5, 5.41) is 0. The molecule has 0 radical (unpaired) electrons. The Labute approximate surface area is 97.1 Å². The van der Waals surface area contributed by atoms with E-state index < -0.39 is 0 Å². The number of nitrogens with zero attached hydrogens (tertiary/aromatic N) is 2. The number of aromatic nitrogens is 1. The van der Waals surface area contributed by atoms with Crippen molar-refractivity contribution in [2.24, 2.45) is 5.73 Å². The zero-order chi connectivity index (χ0) is 10.8. The lowest BCUT2D eigenvalue weighted by atomic mass is 10.2. The lowest BCUT2D eigenvalue weighted by molar-refractivity contribution is 0.0775. The first-order valence-electron chi connectivity index (χ1n) is 4.69. The zero-order valence-corrected chi connectivity index (χ0v) is 9.68. The lowest BCUT2D eigenvalue weighted by Gasteiger charge is -2.22. The van der Waals surface area contributed by atoms with Crippen LogP contribution in [0.4, 0.5) is 0 Å². The van der Waals surface area contributed by atoms with E-state index >= 15 is 0 Å². The maximum absolute atomic E-state index is 12.0. The van der Waals surface area contributed by atoms with Crippen molar-refractivity contribution in [2.75, 3.05) is 6.54 Å². The third kappa shape index (κ3) is 2.00. The molecular weight excluding hydrogens is 230 g/mol. The summed E-state index contributed by atoms with van der Waals surface area (Å²) in [7, 11) is 0. The molecule has 2 rings (SSSR count). The third-order valence-electron chi connectivity index (χ3n) is 2.49. The van der Waals surface area contributed by atoms with Gasteiger partial charge in [0.15, 0.2) is 0 Å². The van der Waals surface area contributed by atoms with Crippen molar-refractivity contribution in [3.05, 3.63) is 16.6 Å². The number of amides is 1. The third-order valence-corrected chi connectivity index (χ3v) is 3.52. The largest absolute Gasteiger partial charge is 0.392 e. The number of nitrogens with two attached hydrogens (primary N) is 1. The van der Waals surface area contributed by atoms with Crippen LogP contribution in [0.15, 0.2) is 11.7 Å². The maximum Gasteiger partial charge on any atom is 0.266 e. The highest BCUT2D eigenvalue weighted by atomic mass is 32.1. The Morgan fingerprint density at radius 3 is 3.13 bits per heavy atom. The Bertz CT molecular complexity index is 377. The standard InChI is InChI=1S/C9H11N3OS2/c10-8(14)6-2-1-3-12(6)9(13)7-4-11-5-15-7/h4-6H,1-3H2,(H2,10,14). The van der Waals surface area contributed by atoms with Crippen LogP contribution in [-0.4, -0.2) is 33.4 Å². The fourth-order valence-corrected chi connectivity index (χ4v) is 2.59. The summed E-state index contributed by atoms with van der Waals surface area (Å²) < 4.78 is 0. The van der Waals surface area contributed by atoms with E-state index in [1.54, 1.807) is 16.6 Å². The van der Waals surface area contributed by atoms with Gasteiger partial charge in [-0.3, -0.25) is 9.78 Å². The smallest absolute Gasteiger partial charge is 0.266 e. The summed E-state index contributed by atoms with van der Waals surface area (Å²) in [6.45, 7) is 0.735. The van der Waals surface area contributed by atoms with Crippen molar-refractivity contribution in [1.82, 2.24) is 9.88 Å². The summed E-state index contributed by atoms with van der Waals surface area (Å²) in [4.78, 5) is 18.7. The fraction of sp³-hybridized carbons (Fsp3) is 0.444. The summed E-state index contributed by atoms with van der Waals surface area (Å²) in [6, 6.07) is -0.0744. The molecule has 1 aromatic rings. The van der Waals surface area contributed by atoms with Crippen molar-refractivity contribution >= 4 is 34.5 Å². The highest BCUT2D eigenvalue weighted by molar-refractivity contribution is 7.80. The first-order valence-corrected chi connectivity index (χ1v) is 5.97. The van der Waals surface area contributed by atoms with E-state index in [2.05, 4.69) is 4.98 Å². The number of likely N-dealkylation sites (tertiary alicyclic amines) is 1. The van der Waals surface area contributed by atoms with Crippen LogP contribution >= 0.6 is 23.6 Å². The van der Waals surface area contributed by atoms with Crippen LogP contribution in [0.2, 0.25) is 0 Å². The number of hydrogen-bond acceptors (Lipinski definition) is 4. The summed E-state index contributed by atoms with van der Waals surface area (Å²) >= 11 is 6.30. The van der Waals surface area contributed by atoms with Crippen molar-refractivity contribution in [2.45, 2.75) is 18.9 Å². The van der Waals surface area contributed by atoms with Crippen LogP contribution in [-0.2, 0) is 0 Å². The molecule has 0 bridgehead atoms. The second-order valence-corrected chi connectivity index (χ2v) is 4.78. The molecule has 2 heterocycles. The zero-order valence-electron chi connectivity index (χ0n) is 8.05. The summed E-state index contributed by atoms with van der Waals surface area (Å²) in [5.41, 5.74) is 7.26. The number of rotatable bonds is 2. The van der Waals surface area contributed by atoms with Crippen molar-refractivity contribution in [3.8, 4) is 0 Å². The molecule has 0 spiro atoms. The van der Waals surface area contributed by atoms with E-state index in [9.17, 15) is 4.79 Å². The van der Waals surface area contributed by atoms with E-state index in [1.807, 2.05) is 0 Å². The number of carbonyl (C=O) groups excluding carboxylic acids is 1. The van der Waals surface area contributed by atoms with Gasteiger partial charge in [-0.15, -0.1) is 11.3 Å². The molecule has 1 fully saturated rings. The van der Waals surface area contributed by atoms with Crippen molar-refractivity contribution < 1.29 is 4.79 Å². The van der Waals surface area contributed by atoms with Gasteiger partial charge in [-0.2, -0.15) is 0 Å². The lowest BCUT2D eigenvalue weighted by Crippen LogP contribution is -2.42. The molecule has 6 heteroatoms. The highest BCUT2D eigenvalue weighted by Crippen LogP contribution is 2.21. The second kappa shape index (κ2) is 4.24. The predicted octanol–water partition coefficient (Wildman–Crippen LogP) is 1.03. The molecule has 1 aromatic heterocycles. The molecule has 0 aromatic carbocycles. The first-order chi connectivity index (χ1) is 7.20. The van der Waals surface area contributed by atoms with E-state index in [-0.39, 0.29) is 11.9 Å².